The summed E-state index contributed by atoms with van der Waals surface area (Å²) in [6.07, 6.45) is 2.05. The molecule has 1 aliphatic rings. The average molecular weight is 234 g/mol. The van der Waals surface area contributed by atoms with Gasteiger partial charge in [-0.15, -0.1) is 0 Å². The third kappa shape index (κ3) is 2.31. The number of benzene rings is 1. The fourth-order valence-corrected chi connectivity index (χ4v) is 2.68. The number of hydrogen-bond acceptors (Lipinski definition) is 3. The summed E-state index contributed by atoms with van der Waals surface area (Å²) in [6, 6.07) is 4.40. The van der Waals surface area contributed by atoms with Gasteiger partial charge < -0.3 is 10.8 Å². The van der Waals surface area contributed by atoms with E-state index in [0.29, 0.717) is 0 Å². The number of nitrogens with zero attached hydrogens (tertiary/aromatic N) is 1. The van der Waals surface area contributed by atoms with Crippen molar-refractivity contribution >= 4 is 5.69 Å². The van der Waals surface area contributed by atoms with E-state index in [-0.39, 0.29) is 12.6 Å². The topological polar surface area (TPSA) is 49.5 Å². The first kappa shape index (κ1) is 12.4. The third-order valence-corrected chi connectivity index (χ3v) is 3.83. The molecule has 1 heterocycles. The van der Waals surface area contributed by atoms with E-state index in [4.69, 9.17) is 5.73 Å². The molecule has 1 atom stereocenters. The van der Waals surface area contributed by atoms with Crippen molar-refractivity contribution in [2.24, 2.45) is 0 Å². The Labute approximate surface area is 103 Å². The number of nitrogens with two attached hydrogens (primary N) is 1. The second-order valence-corrected chi connectivity index (χ2v) is 4.88. The third-order valence-electron chi connectivity index (χ3n) is 3.83. The van der Waals surface area contributed by atoms with Gasteiger partial charge in [-0.3, -0.25) is 4.90 Å². The molecule has 0 fully saturated rings. The van der Waals surface area contributed by atoms with Crippen LogP contribution >= 0.6 is 0 Å². The Morgan fingerprint density at radius 3 is 2.88 bits per heavy atom. The largest absolute Gasteiger partial charge is 0.398 e. The first-order chi connectivity index (χ1) is 8.17. The van der Waals surface area contributed by atoms with Gasteiger partial charge in [0.15, 0.2) is 0 Å². The molecule has 3 N–H and O–H groups in total. The Bertz CT molecular complexity index is 403. The lowest BCUT2D eigenvalue weighted by Crippen LogP contribution is -2.39. The van der Waals surface area contributed by atoms with Crippen LogP contribution in [0.4, 0.5) is 5.69 Å². The lowest BCUT2D eigenvalue weighted by molar-refractivity contribution is 0.123. The Kier molecular flexibility index (Phi) is 3.69. The molecule has 1 aliphatic heterocycles. The number of aliphatic hydroxyl groups excluding tert-OH is 1. The molecule has 94 valence electrons. The van der Waals surface area contributed by atoms with Crippen molar-refractivity contribution in [2.45, 2.75) is 39.3 Å². The van der Waals surface area contributed by atoms with Crippen LogP contribution < -0.4 is 5.73 Å². The van der Waals surface area contributed by atoms with E-state index in [2.05, 4.69) is 24.8 Å². The maximum atomic E-state index is 9.22. The van der Waals surface area contributed by atoms with E-state index >= 15 is 0 Å². The van der Waals surface area contributed by atoms with E-state index < -0.39 is 0 Å². The molecule has 0 bridgehead atoms. The molecule has 0 saturated carbocycles. The molecule has 0 amide bonds. The highest BCUT2D eigenvalue weighted by Crippen LogP contribution is 2.27. The SMILES string of the molecule is CCc1c(N)ccc2c1CCN(C(C)CO)C2. The quantitative estimate of drug-likeness (QED) is 0.781. The Morgan fingerprint density at radius 2 is 2.24 bits per heavy atom. The number of fused-ring (bicyclic) bond motifs is 1. The van der Waals surface area contributed by atoms with Crippen LogP contribution in [-0.4, -0.2) is 29.2 Å². The number of nitrogen functional groups attached to an aromatic ring is 1. The monoisotopic (exact) mass is 234 g/mol. The lowest BCUT2D eigenvalue weighted by atomic mass is 9.91. The summed E-state index contributed by atoms with van der Waals surface area (Å²) >= 11 is 0. The van der Waals surface area contributed by atoms with Crippen LogP contribution in [0.25, 0.3) is 0 Å². The summed E-state index contributed by atoms with van der Waals surface area (Å²) in [5.41, 5.74) is 11.1. The fraction of sp³-hybridized carbons (Fsp3) is 0.571. The summed E-state index contributed by atoms with van der Waals surface area (Å²) < 4.78 is 0. The number of hydrogen-bond donors (Lipinski definition) is 2. The van der Waals surface area contributed by atoms with Gasteiger partial charge in [0.05, 0.1) is 6.61 Å². The van der Waals surface area contributed by atoms with Gasteiger partial charge in [0.1, 0.15) is 0 Å². The zero-order chi connectivity index (χ0) is 12.4. The van der Waals surface area contributed by atoms with Crippen LogP contribution in [0.3, 0.4) is 0 Å². The Balaban J connectivity index is 2.28. The molecule has 0 aromatic heterocycles. The van der Waals surface area contributed by atoms with Crippen molar-refractivity contribution < 1.29 is 5.11 Å². The van der Waals surface area contributed by atoms with Crippen LogP contribution in [0.2, 0.25) is 0 Å². The lowest BCUT2D eigenvalue weighted by Gasteiger charge is -2.34. The average Bonchev–Trinajstić information content (AvgIpc) is 2.37. The molecule has 0 radical (unpaired) electrons. The van der Waals surface area contributed by atoms with Gasteiger partial charge in [0.25, 0.3) is 0 Å². The number of rotatable bonds is 3. The summed E-state index contributed by atoms with van der Waals surface area (Å²) in [5.74, 6) is 0. The predicted molar refractivity (Wildman–Crippen MR) is 70.9 cm³/mol. The minimum absolute atomic E-state index is 0.227. The fourth-order valence-electron chi connectivity index (χ4n) is 2.68. The van der Waals surface area contributed by atoms with Crippen LogP contribution in [0.15, 0.2) is 12.1 Å². The van der Waals surface area contributed by atoms with E-state index in [1.165, 1.54) is 16.7 Å². The standard InChI is InChI=1S/C14H22N2O/c1-3-12-13-6-7-16(10(2)9-17)8-11(13)4-5-14(12)15/h4-5,10,17H,3,6-9,15H2,1-2H3. The van der Waals surface area contributed by atoms with Gasteiger partial charge in [-0.05, 0) is 42.5 Å². The molecule has 0 saturated heterocycles. The minimum Gasteiger partial charge on any atom is -0.398 e. The summed E-state index contributed by atoms with van der Waals surface area (Å²) in [4.78, 5) is 2.33. The van der Waals surface area contributed by atoms with Gasteiger partial charge >= 0.3 is 0 Å². The molecule has 0 aliphatic carbocycles. The predicted octanol–water partition coefficient (Wildman–Crippen LogP) is 1.57. The van der Waals surface area contributed by atoms with Crippen LogP contribution in [0.1, 0.15) is 30.5 Å². The van der Waals surface area contributed by atoms with E-state index in [1.807, 2.05) is 6.07 Å². The van der Waals surface area contributed by atoms with Crippen LogP contribution in [0, 0.1) is 0 Å². The molecular formula is C14H22N2O. The molecular weight excluding hydrogens is 212 g/mol. The minimum atomic E-state index is 0.227. The van der Waals surface area contributed by atoms with Gasteiger partial charge in [-0.2, -0.15) is 0 Å². The molecule has 1 unspecified atom stereocenters. The highest BCUT2D eigenvalue weighted by atomic mass is 16.3. The van der Waals surface area contributed by atoms with E-state index in [1.54, 1.807) is 0 Å². The van der Waals surface area contributed by atoms with Gasteiger partial charge in [0.2, 0.25) is 0 Å². The van der Waals surface area contributed by atoms with Crippen molar-refractivity contribution in [1.82, 2.24) is 4.90 Å². The van der Waals surface area contributed by atoms with Gasteiger partial charge in [-0.1, -0.05) is 13.0 Å². The molecule has 3 nitrogen and oxygen atoms in total. The van der Waals surface area contributed by atoms with Crippen molar-refractivity contribution in [2.75, 3.05) is 18.9 Å². The Hall–Kier alpha value is -1.06. The van der Waals surface area contributed by atoms with Crippen molar-refractivity contribution in [3.05, 3.63) is 28.8 Å². The molecule has 0 spiro atoms. The maximum absolute atomic E-state index is 9.22. The van der Waals surface area contributed by atoms with Crippen LogP contribution in [-0.2, 0) is 19.4 Å². The van der Waals surface area contributed by atoms with Gasteiger partial charge in [-0.25, -0.2) is 0 Å². The van der Waals surface area contributed by atoms with Crippen molar-refractivity contribution in [3.63, 3.8) is 0 Å². The first-order valence-corrected chi connectivity index (χ1v) is 6.41. The zero-order valence-electron chi connectivity index (χ0n) is 10.7. The highest BCUT2D eigenvalue weighted by Gasteiger charge is 2.22. The number of anilines is 1. The zero-order valence-corrected chi connectivity index (χ0v) is 10.7. The summed E-state index contributed by atoms with van der Waals surface area (Å²) in [6.45, 7) is 6.41. The van der Waals surface area contributed by atoms with Gasteiger partial charge in [0, 0.05) is 24.8 Å². The molecule has 2 rings (SSSR count). The summed E-state index contributed by atoms with van der Waals surface area (Å²) in [5, 5.41) is 9.22. The van der Waals surface area contributed by atoms with E-state index in [0.717, 1.165) is 31.6 Å². The van der Waals surface area contributed by atoms with Crippen LogP contribution in [0.5, 0.6) is 0 Å². The first-order valence-electron chi connectivity index (χ1n) is 6.41. The smallest absolute Gasteiger partial charge is 0.0584 e. The van der Waals surface area contributed by atoms with Crippen molar-refractivity contribution in [1.29, 1.82) is 0 Å². The molecule has 1 aromatic rings. The highest BCUT2D eigenvalue weighted by molar-refractivity contribution is 5.54. The van der Waals surface area contributed by atoms with E-state index in [9.17, 15) is 5.11 Å². The Morgan fingerprint density at radius 1 is 1.47 bits per heavy atom. The molecule has 17 heavy (non-hydrogen) atoms. The van der Waals surface area contributed by atoms with Crippen molar-refractivity contribution in [3.8, 4) is 0 Å². The summed E-state index contributed by atoms with van der Waals surface area (Å²) in [7, 11) is 0. The second-order valence-electron chi connectivity index (χ2n) is 4.88. The maximum Gasteiger partial charge on any atom is 0.0584 e. The molecule has 3 heteroatoms. The second kappa shape index (κ2) is 5.07. The number of aliphatic hydroxyl groups is 1. The normalized spacial score (nSPS) is 17.8. The molecule has 1 aromatic carbocycles.